The third-order valence-corrected chi connectivity index (χ3v) is 2.73. The molecule has 2 aromatic rings. The van der Waals surface area contributed by atoms with E-state index < -0.39 is 7.82 Å². The average Bonchev–Trinajstić information content (AvgIpc) is 2.35. The van der Waals surface area contributed by atoms with Crippen molar-refractivity contribution >= 4 is 18.8 Å². The zero-order valence-electron chi connectivity index (χ0n) is 11.2. The van der Waals surface area contributed by atoms with Crippen molar-refractivity contribution in [3.63, 3.8) is 0 Å². The molecular formula is C13H17O6P. The summed E-state index contributed by atoms with van der Waals surface area (Å²) in [6.07, 6.45) is 1.60. The number of fused-ring (bicyclic) bond motifs is 1. The maximum atomic E-state index is 11.7. The highest BCUT2D eigenvalue weighted by atomic mass is 31.2. The summed E-state index contributed by atoms with van der Waals surface area (Å²) in [6.45, 7) is 4.06. The van der Waals surface area contributed by atoms with Gasteiger partial charge in [-0.05, 0) is 24.5 Å². The highest BCUT2D eigenvalue weighted by Gasteiger charge is 2.10. The molecule has 0 unspecified atom stereocenters. The van der Waals surface area contributed by atoms with Gasteiger partial charge >= 0.3 is 13.4 Å². The normalized spacial score (nSPS) is 11.1. The van der Waals surface area contributed by atoms with Crippen LogP contribution in [-0.2, 0) is 17.4 Å². The summed E-state index contributed by atoms with van der Waals surface area (Å²) in [4.78, 5) is 33.2. The number of aryl methyl sites for hydroxylation is 1. The Kier molecular flexibility index (Phi) is 5.65. The third-order valence-electron chi connectivity index (χ3n) is 2.73. The van der Waals surface area contributed by atoms with Crippen molar-refractivity contribution in [1.82, 2.24) is 0 Å². The molecule has 2 rings (SSSR count). The van der Waals surface area contributed by atoms with Gasteiger partial charge in [-0.3, -0.25) is 0 Å². The molecule has 0 amide bonds. The summed E-state index contributed by atoms with van der Waals surface area (Å²) < 4.78 is 14.2. The first-order valence-corrected chi connectivity index (χ1v) is 7.66. The second-order valence-electron chi connectivity index (χ2n) is 4.06. The SMILES string of the molecule is CCc1c(CC)c2ccccc2oc1=O.O=P(O)(O)O. The molecule has 1 aromatic carbocycles. The van der Waals surface area contributed by atoms with Crippen molar-refractivity contribution < 1.29 is 23.7 Å². The minimum atomic E-state index is -4.64. The van der Waals surface area contributed by atoms with Gasteiger partial charge in [0.2, 0.25) is 0 Å². The molecule has 20 heavy (non-hydrogen) atoms. The average molecular weight is 300 g/mol. The van der Waals surface area contributed by atoms with Gasteiger partial charge in [0, 0.05) is 10.9 Å². The standard InChI is InChI=1S/C13H14O2.H3O4P/c1-3-9-10(4-2)13(14)15-12-8-6-5-7-11(9)12;1-5(2,3)4/h5-8H,3-4H2,1-2H3;(H3,1,2,3,4). The number of benzene rings is 1. The Morgan fingerprint density at radius 1 is 1.05 bits per heavy atom. The summed E-state index contributed by atoms with van der Waals surface area (Å²) >= 11 is 0. The van der Waals surface area contributed by atoms with E-state index in [1.807, 2.05) is 31.2 Å². The minimum absolute atomic E-state index is 0.187. The number of rotatable bonds is 2. The van der Waals surface area contributed by atoms with Crippen LogP contribution in [-0.4, -0.2) is 14.7 Å². The quantitative estimate of drug-likeness (QED) is 0.578. The van der Waals surface area contributed by atoms with Crippen LogP contribution in [0.5, 0.6) is 0 Å². The van der Waals surface area contributed by atoms with Crippen molar-refractivity contribution in [2.24, 2.45) is 0 Å². The van der Waals surface area contributed by atoms with E-state index in [4.69, 9.17) is 23.7 Å². The van der Waals surface area contributed by atoms with E-state index in [2.05, 4.69) is 6.92 Å². The number of para-hydroxylation sites is 1. The van der Waals surface area contributed by atoms with Gasteiger partial charge in [-0.1, -0.05) is 32.0 Å². The fourth-order valence-electron chi connectivity index (χ4n) is 2.01. The van der Waals surface area contributed by atoms with Gasteiger partial charge in [0.05, 0.1) is 0 Å². The molecule has 0 fully saturated rings. The van der Waals surface area contributed by atoms with Gasteiger partial charge in [0.25, 0.3) is 0 Å². The lowest BCUT2D eigenvalue weighted by Gasteiger charge is -2.07. The molecule has 3 N–H and O–H groups in total. The van der Waals surface area contributed by atoms with Crippen molar-refractivity contribution in [2.75, 3.05) is 0 Å². The number of phosphoric acid groups is 1. The molecule has 7 heteroatoms. The smallest absolute Gasteiger partial charge is 0.423 e. The van der Waals surface area contributed by atoms with Gasteiger partial charge in [-0.15, -0.1) is 0 Å². The Hall–Kier alpha value is -1.46. The first-order chi connectivity index (χ1) is 9.27. The van der Waals surface area contributed by atoms with E-state index in [0.717, 1.165) is 29.4 Å². The van der Waals surface area contributed by atoms with Gasteiger partial charge < -0.3 is 19.1 Å². The lowest BCUT2D eigenvalue weighted by molar-refractivity contribution is 0.275. The molecule has 0 bridgehead atoms. The van der Waals surface area contributed by atoms with E-state index in [-0.39, 0.29) is 5.63 Å². The molecule has 0 radical (unpaired) electrons. The van der Waals surface area contributed by atoms with Crippen LogP contribution in [0.4, 0.5) is 0 Å². The van der Waals surface area contributed by atoms with Gasteiger partial charge in [-0.25, -0.2) is 9.36 Å². The van der Waals surface area contributed by atoms with E-state index in [0.29, 0.717) is 5.58 Å². The zero-order chi connectivity index (χ0) is 15.3. The molecule has 0 atom stereocenters. The topological polar surface area (TPSA) is 108 Å². The summed E-state index contributed by atoms with van der Waals surface area (Å²) in [6, 6.07) is 7.71. The Labute approximate surface area is 115 Å². The number of hydrogen-bond donors (Lipinski definition) is 3. The van der Waals surface area contributed by atoms with Crippen molar-refractivity contribution in [3.8, 4) is 0 Å². The first kappa shape index (κ1) is 16.6. The zero-order valence-corrected chi connectivity index (χ0v) is 12.1. The third kappa shape index (κ3) is 4.58. The van der Waals surface area contributed by atoms with E-state index in [1.165, 1.54) is 0 Å². The Balaban J connectivity index is 0.000000347. The molecule has 0 saturated carbocycles. The summed E-state index contributed by atoms with van der Waals surface area (Å²) in [5.41, 5.74) is 2.45. The minimum Gasteiger partial charge on any atom is -0.423 e. The highest BCUT2D eigenvalue weighted by Crippen LogP contribution is 2.25. The number of hydrogen-bond acceptors (Lipinski definition) is 3. The van der Waals surface area contributed by atoms with E-state index in [1.54, 1.807) is 0 Å². The fourth-order valence-corrected chi connectivity index (χ4v) is 2.01. The molecule has 6 nitrogen and oxygen atoms in total. The maximum Gasteiger partial charge on any atom is 0.466 e. The van der Waals surface area contributed by atoms with Gasteiger partial charge in [0.15, 0.2) is 0 Å². The predicted molar refractivity (Wildman–Crippen MR) is 75.5 cm³/mol. The molecule has 1 heterocycles. The maximum absolute atomic E-state index is 11.7. The monoisotopic (exact) mass is 300 g/mol. The van der Waals surface area contributed by atoms with Crippen LogP contribution in [0.15, 0.2) is 33.5 Å². The van der Waals surface area contributed by atoms with Crippen LogP contribution in [0.25, 0.3) is 11.0 Å². The summed E-state index contributed by atoms with van der Waals surface area (Å²) in [5, 5.41) is 1.07. The lowest BCUT2D eigenvalue weighted by Crippen LogP contribution is -2.10. The molecule has 0 spiro atoms. The Morgan fingerprint density at radius 3 is 2.05 bits per heavy atom. The molecule has 0 aliphatic rings. The lowest BCUT2D eigenvalue weighted by atomic mass is 10.0. The van der Waals surface area contributed by atoms with Crippen molar-refractivity contribution in [2.45, 2.75) is 26.7 Å². The van der Waals surface area contributed by atoms with Crippen molar-refractivity contribution in [1.29, 1.82) is 0 Å². The van der Waals surface area contributed by atoms with Crippen molar-refractivity contribution in [3.05, 3.63) is 45.8 Å². The Bertz CT molecular complexity index is 677. The summed E-state index contributed by atoms with van der Waals surface area (Å²) in [5.74, 6) is 0. The molecule has 1 aromatic heterocycles. The van der Waals surface area contributed by atoms with Gasteiger partial charge in [-0.2, -0.15) is 0 Å². The van der Waals surface area contributed by atoms with Crippen LogP contribution >= 0.6 is 7.82 Å². The largest absolute Gasteiger partial charge is 0.466 e. The van der Waals surface area contributed by atoms with E-state index >= 15 is 0 Å². The fraction of sp³-hybridized carbons (Fsp3) is 0.308. The second kappa shape index (κ2) is 6.81. The summed E-state index contributed by atoms with van der Waals surface area (Å²) in [7, 11) is -4.64. The van der Waals surface area contributed by atoms with Crippen LogP contribution in [0, 0.1) is 0 Å². The molecule has 0 saturated heterocycles. The van der Waals surface area contributed by atoms with Gasteiger partial charge in [0.1, 0.15) is 5.58 Å². The second-order valence-corrected chi connectivity index (χ2v) is 5.09. The predicted octanol–water partition coefficient (Wildman–Crippen LogP) is 1.99. The highest BCUT2D eigenvalue weighted by molar-refractivity contribution is 7.45. The Morgan fingerprint density at radius 2 is 1.55 bits per heavy atom. The molecular weight excluding hydrogens is 283 g/mol. The van der Waals surface area contributed by atoms with Crippen LogP contribution in [0.2, 0.25) is 0 Å². The van der Waals surface area contributed by atoms with E-state index in [9.17, 15) is 4.79 Å². The van der Waals surface area contributed by atoms with Crippen LogP contribution in [0.1, 0.15) is 25.0 Å². The molecule has 110 valence electrons. The molecule has 0 aliphatic carbocycles. The van der Waals surface area contributed by atoms with Crippen LogP contribution < -0.4 is 5.63 Å². The molecule has 0 aliphatic heterocycles. The first-order valence-electron chi connectivity index (χ1n) is 6.09. The van der Waals surface area contributed by atoms with Crippen LogP contribution in [0.3, 0.4) is 0 Å².